The van der Waals surface area contributed by atoms with Gasteiger partial charge in [-0.15, -0.1) is 0 Å². The van der Waals surface area contributed by atoms with Crippen molar-refractivity contribution in [3.05, 3.63) is 29.8 Å². The van der Waals surface area contributed by atoms with E-state index in [9.17, 15) is 9.59 Å². The van der Waals surface area contributed by atoms with Gasteiger partial charge in [0.2, 0.25) is 5.91 Å². The summed E-state index contributed by atoms with van der Waals surface area (Å²) in [6.07, 6.45) is 0. The highest BCUT2D eigenvalue weighted by Crippen LogP contribution is 2.16. The average Bonchev–Trinajstić information content (AvgIpc) is 2.45. The third-order valence-corrected chi connectivity index (χ3v) is 2.72. The minimum absolute atomic E-state index is 0.208. The average molecular weight is 279 g/mol. The molecule has 110 valence electrons. The second kappa shape index (κ2) is 8.04. The van der Waals surface area contributed by atoms with Crippen molar-refractivity contribution in [2.75, 3.05) is 13.7 Å². The maximum atomic E-state index is 11.7. The largest absolute Gasteiger partial charge is 0.496 e. The van der Waals surface area contributed by atoms with E-state index in [0.717, 1.165) is 5.56 Å². The number of para-hydroxylation sites is 1. The van der Waals surface area contributed by atoms with Crippen LogP contribution >= 0.6 is 0 Å². The van der Waals surface area contributed by atoms with E-state index in [1.807, 2.05) is 31.2 Å². The summed E-state index contributed by atoms with van der Waals surface area (Å²) in [6, 6.07) is 6.45. The number of ether oxygens (including phenoxy) is 1. The molecule has 0 heterocycles. The topological polar surface area (TPSA) is 79.5 Å². The van der Waals surface area contributed by atoms with Gasteiger partial charge in [-0.1, -0.05) is 18.2 Å². The molecule has 3 amide bonds. The Hall–Kier alpha value is -2.24. The van der Waals surface area contributed by atoms with Gasteiger partial charge in [0.25, 0.3) is 0 Å². The minimum Gasteiger partial charge on any atom is -0.496 e. The molecule has 0 saturated heterocycles. The van der Waals surface area contributed by atoms with E-state index >= 15 is 0 Å². The molecule has 1 atom stereocenters. The van der Waals surface area contributed by atoms with Gasteiger partial charge in [-0.3, -0.25) is 4.79 Å². The van der Waals surface area contributed by atoms with Crippen LogP contribution in [-0.4, -0.2) is 31.6 Å². The second-order valence-electron chi connectivity index (χ2n) is 4.26. The number of hydrogen-bond donors (Lipinski definition) is 3. The Morgan fingerprint density at radius 1 is 1.25 bits per heavy atom. The van der Waals surface area contributed by atoms with E-state index in [1.165, 1.54) is 0 Å². The van der Waals surface area contributed by atoms with Crippen LogP contribution in [0.25, 0.3) is 0 Å². The Morgan fingerprint density at radius 2 is 1.95 bits per heavy atom. The molecule has 0 fully saturated rings. The van der Waals surface area contributed by atoms with Crippen LogP contribution in [-0.2, 0) is 11.3 Å². The van der Waals surface area contributed by atoms with E-state index in [4.69, 9.17) is 4.74 Å². The number of hydrogen-bond acceptors (Lipinski definition) is 3. The number of benzene rings is 1. The van der Waals surface area contributed by atoms with Gasteiger partial charge >= 0.3 is 6.03 Å². The molecule has 0 unspecified atom stereocenters. The number of carbonyl (C=O) groups excluding carboxylic acids is 2. The fraction of sp³-hybridized carbons (Fsp3) is 0.429. The second-order valence-corrected chi connectivity index (χ2v) is 4.26. The maximum absolute atomic E-state index is 11.7. The standard InChI is InChI=1S/C14H21N3O3/c1-4-15-13(18)10(2)17-14(19)16-9-11-7-5-6-8-12(11)20-3/h5-8,10H,4,9H2,1-3H3,(H,15,18)(H2,16,17,19)/t10-/m1/s1. The summed E-state index contributed by atoms with van der Waals surface area (Å²) in [5.41, 5.74) is 0.871. The van der Waals surface area contributed by atoms with Crippen molar-refractivity contribution in [1.29, 1.82) is 0 Å². The summed E-state index contributed by atoms with van der Waals surface area (Å²) >= 11 is 0. The van der Waals surface area contributed by atoms with Crippen molar-refractivity contribution >= 4 is 11.9 Å². The molecule has 0 aliphatic carbocycles. The molecule has 0 aliphatic heterocycles. The fourth-order valence-electron chi connectivity index (χ4n) is 1.67. The van der Waals surface area contributed by atoms with Crippen molar-refractivity contribution in [3.63, 3.8) is 0 Å². The zero-order chi connectivity index (χ0) is 15.0. The van der Waals surface area contributed by atoms with Crippen molar-refractivity contribution in [1.82, 2.24) is 16.0 Å². The van der Waals surface area contributed by atoms with Gasteiger partial charge < -0.3 is 20.7 Å². The highest BCUT2D eigenvalue weighted by molar-refractivity contribution is 5.86. The molecule has 6 heteroatoms. The van der Waals surface area contributed by atoms with Gasteiger partial charge in [-0.05, 0) is 19.9 Å². The first-order valence-corrected chi connectivity index (χ1v) is 6.52. The van der Waals surface area contributed by atoms with E-state index in [1.54, 1.807) is 14.0 Å². The Kier molecular flexibility index (Phi) is 6.36. The number of urea groups is 1. The first-order valence-electron chi connectivity index (χ1n) is 6.52. The first kappa shape index (κ1) is 15.8. The lowest BCUT2D eigenvalue weighted by Crippen LogP contribution is -2.48. The smallest absolute Gasteiger partial charge is 0.315 e. The lowest BCUT2D eigenvalue weighted by molar-refractivity contribution is -0.122. The predicted molar refractivity (Wildman–Crippen MR) is 76.5 cm³/mol. The normalized spacial score (nSPS) is 11.3. The third kappa shape index (κ3) is 4.79. The summed E-state index contributed by atoms with van der Waals surface area (Å²) in [4.78, 5) is 23.2. The van der Waals surface area contributed by atoms with Gasteiger partial charge in [-0.2, -0.15) is 0 Å². The Bertz CT molecular complexity index is 463. The van der Waals surface area contributed by atoms with Gasteiger partial charge in [0, 0.05) is 18.7 Å². The van der Waals surface area contributed by atoms with Crippen molar-refractivity contribution in [2.24, 2.45) is 0 Å². The predicted octanol–water partition coefficient (Wildman–Crippen LogP) is 1.02. The Morgan fingerprint density at radius 3 is 2.60 bits per heavy atom. The van der Waals surface area contributed by atoms with E-state index in [0.29, 0.717) is 18.8 Å². The molecule has 1 rings (SSSR count). The van der Waals surface area contributed by atoms with Crippen LogP contribution in [0.5, 0.6) is 5.75 Å². The molecule has 0 bridgehead atoms. The molecule has 1 aromatic rings. The van der Waals surface area contributed by atoms with Crippen LogP contribution in [0.1, 0.15) is 19.4 Å². The minimum atomic E-state index is -0.576. The van der Waals surface area contributed by atoms with Gasteiger partial charge in [-0.25, -0.2) is 4.79 Å². The number of methoxy groups -OCH3 is 1. The Labute approximate surface area is 118 Å². The van der Waals surface area contributed by atoms with Crippen LogP contribution < -0.4 is 20.7 Å². The van der Waals surface area contributed by atoms with E-state index in [-0.39, 0.29) is 5.91 Å². The monoisotopic (exact) mass is 279 g/mol. The molecule has 6 nitrogen and oxygen atoms in total. The van der Waals surface area contributed by atoms with E-state index < -0.39 is 12.1 Å². The molecule has 0 radical (unpaired) electrons. The van der Waals surface area contributed by atoms with Crippen LogP contribution in [0, 0.1) is 0 Å². The lowest BCUT2D eigenvalue weighted by Gasteiger charge is -2.14. The lowest BCUT2D eigenvalue weighted by atomic mass is 10.2. The fourth-order valence-corrected chi connectivity index (χ4v) is 1.67. The first-order chi connectivity index (χ1) is 9.58. The SMILES string of the molecule is CCNC(=O)[C@@H](C)NC(=O)NCc1ccccc1OC. The molecule has 0 aromatic heterocycles. The summed E-state index contributed by atoms with van der Waals surface area (Å²) in [5, 5.41) is 7.90. The summed E-state index contributed by atoms with van der Waals surface area (Å²) in [6.45, 7) is 4.33. The highest BCUT2D eigenvalue weighted by atomic mass is 16.5. The van der Waals surface area contributed by atoms with Crippen LogP contribution in [0.2, 0.25) is 0 Å². The molecule has 20 heavy (non-hydrogen) atoms. The van der Waals surface area contributed by atoms with Crippen molar-refractivity contribution in [2.45, 2.75) is 26.4 Å². The molecule has 0 aliphatic rings. The molecule has 1 aromatic carbocycles. The molecule has 3 N–H and O–H groups in total. The van der Waals surface area contributed by atoms with Crippen LogP contribution in [0.4, 0.5) is 4.79 Å². The summed E-state index contributed by atoms with van der Waals surface area (Å²) < 4.78 is 5.19. The Balaban J connectivity index is 2.45. The van der Waals surface area contributed by atoms with E-state index in [2.05, 4.69) is 16.0 Å². The zero-order valence-corrected chi connectivity index (χ0v) is 12.0. The molecule has 0 spiro atoms. The quantitative estimate of drug-likeness (QED) is 0.727. The number of likely N-dealkylation sites (N-methyl/N-ethyl adjacent to an activating group) is 1. The van der Waals surface area contributed by atoms with Gasteiger partial charge in [0.1, 0.15) is 11.8 Å². The molecule has 0 saturated carbocycles. The number of carbonyl (C=O) groups is 2. The highest BCUT2D eigenvalue weighted by Gasteiger charge is 2.14. The number of amides is 3. The van der Waals surface area contributed by atoms with Gasteiger partial charge in [0.15, 0.2) is 0 Å². The number of rotatable bonds is 6. The van der Waals surface area contributed by atoms with Crippen molar-refractivity contribution in [3.8, 4) is 5.75 Å². The molecular weight excluding hydrogens is 258 g/mol. The zero-order valence-electron chi connectivity index (χ0n) is 12.0. The maximum Gasteiger partial charge on any atom is 0.315 e. The molecular formula is C14H21N3O3. The van der Waals surface area contributed by atoms with Crippen LogP contribution in [0.3, 0.4) is 0 Å². The summed E-state index contributed by atoms with van der Waals surface area (Å²) in [7, 11) is 1.58. The summed E-state index contributed by atoms with van der Waals surface area (Å²) in [5.74, 6) is 0.504. The number of nitrogens with one attached hydrogen (secondary N) is 3. The van der Waals surface area contributed by atoms with Gasteiger partial charge in [0.05, 0.1) is 7.11 Å². The van der Waals surface area contributed by atoms with Crippen LogP contribution in [0.15, 0.2) is 24.3 Å². The van der Waals surface area contributed by atoms with Crippen molar-refractivity contribution < 1.29 is 14.3 Å². The third-order valence-electron chi connectivity index (χ3n) is 2.72.